The van der Waals surface area contributed by atoms with Gasteiger partial charge in [0.1, 0.15) is 0 Å². The second-order valence-corrected chi connectivity index (χ2v) is 3.40. The molecule has 0 aliphatic carbocycles. The average Bonchev–Trinajstić information content (AvgIpc) is 2.75. The van der Waals surface area contributed by atoms with Crippen molar-refractivity contribution < 1.29 is 9.90 Å². The summed E-state index contributed by atoms with van der Waals surface area (Å²) in [4.78, 5) is 14.4. The first kappa shape index (κ1) is 10.4. The van der Waals surface area contributed by atoms with Gasteiger partial charge in [0.15, 0.2) is 0 Å². The van der Waals surface area contributed by atoms with Gasteiger partial charge in [0, 0.05) is 24.4 Å². The summed E-state index contributed by atoms with van der Waals surface area (Å²) in [5, 5.41) is 15.4. The summed E-state index contributed by atoms with van der Waals surface area (Å²) >= 11 is 0. The van der Waals surface area contributed by atoms with E-state index in [9.17, 15) is 4.79 Å². The number of pyridine rings is 1. The molecule has 0 saturated carbocycles. The minimum absolute atomic E-state index is 0.109. The summed E-state index contributed by atoms with van der Waals surface area (Å²) in [5.41, 5.74) is 2.74. The van der Waals surface area contributed by atoms with Gasteiger partial charge in [0.25, 0.3) is 0 Å². The molecule has 0 aliphatic heterocycles. The Morgan fingerprint density at radius 2 is 2.12 bits per heavy atom. The van der Waals surface area contributed by atoms with Crippen LogP contribution in [0.5, 0.6) is 0 Å². The molecule has 82 valence electrons. The predicted molar refractivity (Wildman–Crippen MR) is 57.8 cm³/mol. The number of carboxylic acid groups (broad SMARTS) is 1. The fourth-order valence-corrected chi connectivity index (χ4v) is 1.51. The zero-order valence-electron chi connectivity index (χ0n) is 8.55. The Hall–Kier alpha value is -2.17. The van der Waals surface area contributed by atoms with Gasteiger partial charge >= 0.3 is 5.97 Å². The van der Waals surface area contributed by atoms with E-state index < -0.39 is 5.97 Å². The number of aromatic nitrogens is 3. The van der Waals surface area contributed by atoms with Crippen molar-refractivity contribution in [2.75, 3.05) is 0 Å². The lowest BCUT2D eigenvalue weighted by molar-refractivity contribution is -0.136. The van der Waals surface area contributed by atoms with Gasteiger partial charge in [-0.1, -0.05) is 0 Å². The highest BCUT2D eigenvalue weighted by Gasteiger charge is 2.08. The largest absolute Gasteiger partial charge is 0.481 e. The van der Waals surface area contributed by atoms with E-state index in [0.717, 1.165) is 16.8 Å². The molecule has 2 aromatic rings. The molecule has 5 heteroatoms. The SMILES string of the molecule is O=C(O)CCc1cn[nH]c1-c1ccncc1. The first-order chi connectivity index (χ1) is 7.77. The molecule has 0 aromatic carbocycles. The number of hydrogen-bond donors (Lipinski definition) is 2. The summed E-state index contributed by atoms with van der Waals surface area (Å²) in [7, 11) is 0. The van der Waals surface area contributed by atoms with Crippen molar-refractivity contribution in [1.82, 2.24) is 15.2 Å². The lowest BCUT2D eigenvalue weighted by Crippen LogP contribution is -1.97. The number of carboxylic acids is 1. The maximum atomic E-state index is 10.5. The third-order valence-corrected chi connectivity index (χ3v) is 2.30. The maximum absolute atomic E-state index is 10.5. The molecular formula is C11H11N3O2. The number of H-pyrrole nitrogens is 1. The number of rotatable bonds is 4. The molecule has 2 heterocycles. The number of carbonyl (C=O) groups is 1. The number of hydrogen-bond acceptors (Lipinski definition) is 3. The Morgan fingerprint density at radius 3 is 2.81 bits per heavy atom. The molecule has 0 bridgehead atoms. The molecule has 0 amide bonds. The van der Waals surface area contributed by atoms with Crippen LogP contribution in [0.25, 0.3) is 11.3 Å². The standard InChI is InChI=1S/C11H11N3O2/c15-10(16)2-1-9-7-13-14-11(9)8-3-5-12-6-4-8/h3-7H,1-2H2,(H,13,14)(H,15,16). The van der Waals surface area contributed by atoms with E-state index in [2.05, 4.69) is 15.2 Å². The zero-order chi connectivity index (χ0) is 11.4. The zero-order valence-corrected chi connectivity index (χ0v) is 8.55. The van der Waals surface area contributed by atoms with E-state index in [-0.39, 0.29) is 6.42 Å². The van der Waals surface area contributed by atoms with Crippen LogP contribution in [0.3, 0.4) is 0 Å². The second-order valence-electron chi connectivity index (χ2n) is 3.40. The van der Waals surface area contributed by atoms with Crippen LogP contribution in [-0.4, -0.2) is 26.3 Å². The predicted octanol–water partition coefficient (Wildman–Crippen LogP) is 1.49. The molecule has 0 spiro atoms. The van der Waals surface area contributed by atoms with Gasteiger partial charge in [-0.3, -0.25) is 14.9 Å². The quantitative estimate of drug-likeness (QED) is 0.813. The fourth-order valence-electron chi connectivity index (χ4n) is 1.51. The van der Waals surface area contributed by atoms with Crippen LogP contribution < -0.4 is 0 Å². The Kier molecular flexibility index (Phi) is 2.95. The molecule has 2 rings (SSSR count). The number of aliphatic carboxylic acids is 1. The van der Waals surface area contributed by atoms with Gasteiger partial charge in [0.05, 0.1) is 11.9 Å². The third kappa shape index (κ3) is 2.25. The lowest BCUT2D eigenvalue weighted by atomic mass is 10.1. The van der Waals surface area contributed by atoms with E-state index in [1.165, 1.54) is 0 Å². The molecule has 2 N–H and O–H groups in total. The van der Waals surface area contributed by atoms with Gasteiger partial charge in [-0.25, -0.2) is 0 Å². The third-order valence-electron chi connectivity index (χ3n) is 2.30. The van der Waals surface area contributed by atoms with Crippen LogP contribution >= 0.6 is 0 Å². The molecule has 0 saturated heterocycles. The van der Waals surface area contributed by atoms with Gasteiger partial charge in [-0.15, -0.1) is 0 Å². The summed E-state index contributed by atoms with van der Waals surface area (Å²) in [6.07, 6.45) is 5.63. The smallest absolute Gasteiger partial charge is 0.303 e. The Balaban J connectivity index is 2.23. The molecule has 0 radical (unpaired) electrons. The molecule has 0 atom stereocenters. The molecule has 16 heavy (non-hydrogen) atoms. The molecule has 0 aliphatic rings. The van der Waals surface area contributed by atoms with Crippen molar-refractivity contribution in [2.45, 2.75) is 12.8 Å². The molecule has 5 nitrogen and oxygen atoms in total. The van der Waals surface area contributed by atoms with Crippen LogP contribution in [0, 0.1) is 0 Å². The van der Waals surface area contributed by atoms with Crippen molar-refractivity contribution in [3.63, 3.8) is 0 Å². The molecule has 2 aromatic heterocycles. The number of aromatic amines is 1. The van der Waals surface area contributed by atoms with Crippen LogP contribution in [0.4, 0.5) is 0 Å². The Bertz CT molecular complexity index is 479. The number of nitrogens with zero attached hydrogens (tertiary/aromatic N) is 2. The van der Waals surface area contributed by atoms with E-state index >= 15 is 0 Å². The van der Waals surface area contributed by atoms with Gasteiger partial charge in [-0.05, 0) is 24.1 Å². The minimum atomic E-state index is -0.804. The van der Waals surface area contributed by atoms with Crippen molar-refractivity contribution >= 4 is 5.97 Å². The van der Waals surface area contributed by atoms with Gasteiger partial charge in [-0.2, -0.15) is 5.10 Å². The van der Waals surface area contributed by atoms with Crippen LogP contribution in [0.2, 0.25) is 0 Å². The Labute approximate surface area is 92.2 Å². The molecule has 0 fully saturated rings. The fraction of sp³-hybridized carbons (Fsp3) is 0.182. The normalized spacial score (nSPS) is 10.2. The summed E-state index contributed by atoms with van der Waals surface area (Å²) in [6.45, 7) is 0. The lowest BCUT2D eigenvalue weighted by Gasteiger charge is -2.01. The maximum Gasteiger partial charge on any atom is 0.303 e. The molecular weight excluding hydrogens is 206 g/mol. The first-order valence-electron chi connectivity index (χ1n) is 4.92. The van der Waals surface area contributed by atoms with Crippen LogP contribution in [-0.2, 0) is 11.2 Å². The van der Waals surface area contributed by atoms with Crippen LogP contribution in [0.1, 0.15) is 12.0 Å². The summed E-state index contributed by atoms with van der Waals surface area (Å²) in [5.74, 6) is -0.804. The van der Waals surface area contributed by atoms with Crippen LogP contribution in [0.15, 0.2) is 30.7 Å². The van der Waals surface area contributed by atoms with Crippen molar-refractivity contribution in [3.8, 4) is 11.3 Å². The van der Waals surface area contributed by atoms with E-state index in [0.29, 0.717) is 6.42 Å². The topological polar surface area (TPSA) is 78.9 Å². The highest BCUT2D eigenvalue weighted by Crippen LogP contribution is 2.20. The van der Waals surface area contributed by atoms with E-state index in [4.69, 9.17) is 5.11 Å². The highest BCUT2D eigenvalue weighted by atomic mass is 16.4. The van der Waals surface area contributed by atoms with Crippen molar-refractivity contribution in [2.24, 2.45) is 0 Å². The number of nitrogens with one attached hydrogen (secondary N) is 1. The number of aryl methyl sites for hydroxylation is 1. The van der Waals surface area contributed by atoms with Gasteiger partial charge in [0.2, 0.25) is 0 Å². The van der Waals surface area contributed by atoms with E-state index in [1.807, 2.05) is 12.1 Å². The molecule has 0 unspecified atom stereocenters. The van der Waals surface area contributed by atoms with Gasteiger partial charge < -0.3 is 5.11 Å². The second kappa shape index (κ2) is 4.57. The summed E-state index contributed by atoms with van der Waals surface area (Å²) in [6, 6.07) is 3.72. The van der Waals surface area contributed by atoms with Crippen molar-refractivity contribution in [3.05, 3.63) is 36.3 Å². The Morgan fingerprint density at radius 1 is 1.38 bits per heavy atom. The first-order valence-corrected chi connectivity index (χ1v) is 4.92. The average molecular weight is 217 g/mol. The summed E-state index contributed by atoms with van der Waals surface area (Å²) < 4.78 is 0. The van der Waals surface area contributed by atoms with Crippen molar-refractivity contribution in [1.29, 1.82) is 0 Å². The van der Waals surface area contributed by atoms with E-state index in [1.54, 1.807) is 18.6 Å². The minimum Gasteiger partial charge on any atom is -0.481 e. The monoisotopic (exact) mass is 217 g/mol. The highest BCUT2D eigenvalue weighted by molar-refractivity contribution is 5.68.